The molecule has 3 rings (SSSR count). The summed E-state index contributed by atoms with van der Waals surface area (Å²) < 4.78 is 24.2. The van der Waals surface area contributed by atoms with Gasteiger partial charge in [0, 0.05) is 0 Å². The second-order valence-corrected chi connectivity index (χ2v) is 10.8. The van der Waals surface area contributed by atoms with E-state index in [0.717, 1.165) is 27.0 Å². The molecule has 0 aliphatic carbocycles. The van der Waals surface area contributed by atoms with Gasteiger partial charge in [-0.1, -0.05) is 23.5 Å². The maximum Gasteiger partial charge on any atom is 0.206 e. The van der Waals surface area contributed by atoms with Crippen LogP contribution in [0.3, 0.4) is 0 Å². The first-order valence-corrected chi connectivity index (χ1v) is 9.29. The first-order chi connectivity index (χ1) is 10.4. The molecule has 0 saturated heterocycles. The number of ether oxygens (including phenoxy) is 4. The van der Waals surface area contributed by atoms with E-state index in [1.807, 2.05) is 48.5 Å². The molecule has 0 N–H and O–H groups in total. The molecule has 4 nitrogen and oxygen atoms in total. The van der Waals surface area contributed by atoms with Gasteiger partial charge in [0.2, 0.25) is 5.75 Å². The highest BCUT2D eigenvalue weighted by molar-refractivity contribution is 8.01. The van der Waals surface area contributed by atoms with Gasteiger partial charge in [-0.2, -0.15) is 0 Å². The fourth-order valence-corrected chi connectivity index (χ4v) is 4.82. The minimum atomic E-state index is -0.360. The Labute approximate surface area is 146 Å². The molecule has 2 heterocycles. The first kappa shape index (κ1) is 17.0. The average Bonchev–Trinajstić information content (AvgIpc) is 2.83. The summed E-state index contributed by atoms with van der Waals surface area (Å²) in [5.41, 5.74) is -0.309. The molecule has 1 aromatic carbocycles. The molecule has 0 saturated carbocycles. The Kier molecular flexibility index (Phi) is 3.73. The fraction of sp³-hybridized carbons (Fsp3) is 0.647. The minimum absolute atomic E-state index is 0.309. The predicted octanol–water partition coefficient (Wildman–Crippen LogP) is 5.31. The average molecular weight is 357 g/mol. The van der Waals surface area contributed by atoms with E-state index in [9.17, 15) is 0 Å². The Bertz CT molecular complexity index is 615. The van der Waals surface area contributed by atoms with Crippen molar-refractivity contribution < 1.29 is 18.9 Å². The Morgan fingerprint density at radius 1 is 0.826 bits per heavy atom. The SMILES string of the molecule is COc1c2c(c(OC(C)(C)C)c3c1OC(C)(C)S3)SC(C)(C)O2. The van der Waals surface area contributed by atoms with E-state index in [1.54, 1.807) is 30.6 Å². The van der Waals surface area contributed by atoms with Crippen LogP contribution in [0.25, 0.3) is 0 Å². The quantitative estimate of drug-likeness (QED) is 0.714. The zero-order chi connectivity index (χ0) is 17.2. The summed E-state index contributed by atoms with van der Waals surface area (Å²) in [5, 5.41) is 0. The summed E-state index contributed by atoms with van der Waals surface area (Å²) in [7, 11) is 1.65. The number of methoxy groups -OCH3 is 1. The summed E-state index contributed by atoms with van der Waals surface area (Å²) in [6, 6.07) is 0. The molecule has 128 valence electrons. The molecule has 2 aliphatic heterocycles. The standard InChI is InChI=1S/C17H24O4S2/c1-15(2,3)19-12-13-10(20-16(4,5)22-13)9(18-8)11-14(12)23-17(6,7)21-11/h1-8H3. The first-order valence-electron chi connectivity index (χ1n) is 7.65. The van der Waals surface area contributed by atoms with Gasteiger partial charge in [-0.3, -0.25) is 0 Å². The maximum atomic E-state index is 6.32. The normalized spacial score (nSPS) is 20.3. The Morgan fingerprint density at radius 3 is 1.61 bits per heavy atom. The van der Waals surface area contributed by atoms with Gasteiger partial charge in [0.15, 0.2) is 27.1 Å². The largest absolute Gasteiger partial charge is 0.490 e. The molecule has 0 atom stereocenters. The monoisotopic (exact) mass is 356 g/mol. The number of rotatable bonds is 2. The van der Waals surface area contributed by atoms with Crippen molar-refractivity contribution in [1.29, 1.82) is 0 Å². The third kappa shape index (κ3) is 3.07. The number of benzene rings is 1. The van der Waals surface area contributed by atoms with Crippen LogP contribution < -0.4 is 18.9 Å². The van der Waals surface area contributed by atoms with Gasteiger partial charge in [0.25, 0.3) is 0 Å². The van der Waals surface area contributed by atoms with Crippen molar-refractivity contribution >= 4 is 23.5 Å². The molecule has 0 bridgehead atoms. The lowest BCUT2D eigenvalue weighted by molar-refractivity contribution is 0.119. The molecule has 0 unspecified atom stereocenters. The van der Waals surface area contributed by atoms with Crippen molar-refractivity contribution in [2.24, 2.45) is 0 Å². The summed E-state index contributed by atoms with van der Waals surface area (Å²) in [4.78, 5) is 1.27. The van der Waals surface area contributed by atoms with Crippen molar-refractivity contribution in [3.8, 4) is 23.0 Å². The molecule has 23 heavy (non-hydrogen) atoms. The van der Waals surface area contributed by atoms with Gasteiger partial charge in [-0.05, 0) is 48.5 Å². The Hall–Kier alpha value is -0.880. The van der Waals surface area contributed by atoms with Crippen LogP contribution in [0.2, 0.25) is 0 Å². The van der Waals surface area contributed by atoms with Gasteiger partial charge in [-0.25, -0.2) is 0 Å². The number of hydrogen-bond acceptors (Lipinski definition) is 6. The molecular weight excluding hydrogens is 332 g/mol. The molecule has 0 radical (unpaired) electrons. The molecule has 1 aromatic rings. The summed E-state index contributed by atoms with van der Waals surface area (Å²) in [6.07, 6.45) is 0. The third-order valence-electron chi connectivity index (χ3n) is 3.24. The van der Waals surface area contributed by atoms with Crippen LogP contribution in [-0.2, 0) is 0 Å². The maximum absolute atomic E-state index is 6.32. The van der Waals surface area contributed by atoms with E-state index in [4.69, 9.17) is 18.9 Å². The van der Waals surface area contributed by atoms with Gasteiger partial charge < -0.3 is 18.9 Å². The zero-order valence-corrected chi connectivity index (χ0v) is 16.6. The van der Waals surface area contributed by atoms with Crippen LogP contribution in [-0.4, -0.2) is 22.6 Å². The van der Waals surface area contributed by atoms with Crippen molar-refractivity contribution in [1.82, 2.24) is 0 Å². The topological polar surface area (TPSA) is 36.9 Å². The van der Waals surface area contributed by atoms with Gasteiger partial charge in [-0.15, -0.1) is 0 Å². The van der Waals surface area contributed by atoms with E-state index < -0.39 is 0 Å². The second-order valence-electron chi connectivity index (χ2n) is 7.60. The lowest BCUT2D eigenvalue weighted by atomic mass is 10.2. The highest BCUT2D eigenvalue weighted by Crippen LogP contribution is 2.66. The van der Waals surface area contributed by atoms with Crippen LogP contribution in [0, 0.1) is 0 Å². The van der Waals surface area contributed by atoms with Crippen molar-refractivity contribution in [3.63, 3.8) is 0 Å². The molecule has 6 heteroatoms. The highest BCUT2D eigenvalue weighted by atomic mass is 32.2. The minimum Gasteiger partial charge on any atom is -0.490 e. The van der Waals surface area contributed by atoms with E-state index in [1.165, 1.54) is 0 Å². The van der Waals surface area contributed by atoms with Crippen LogP contribution in [0.15, 0.2) is 9.79 Å². The zero-order valence-electron chi connectivity index (χ0n) is 14.9. The number of hydrogen-bond donors (Lipinski definition) is 0. The second kappa shape index (κ2) is 5.06. The van der Waals surface area contributed by atoms with Crippen LogP contribution in [0.4, 0.5) is 0 Å². The highest BCUT2D eigenvalue weighted by Gasteiger charge is 2.46. The number of thioether (sulfide) groups is 2. The van der Waals surface area contributed by atoms with Crippen molar-refractivity contribution in [2.45, 2.75) is 73.7 Å². The van der Waals surface area contributed by atoms with Crippen molar-refractivity contribution in [2.75, 3.05) is 7.11 Å². The molecule has 0 amide bonds. The molecule has 0 spiro atoms. The number of fused-ring (bicyclic) bond motifs is 2. The van der Waals surface area contributed by atoms with Crippen molar-refractivity contribution in [3.05, 3.63) is 0 Å². The van der Waals surface area contributed by atoms with Gasteiger partial charge >= 0.3 is 0 Å². The van der Waals surface area contributed by atoms with Gasteiger partial charge in [0.05, 0.1) is 7.11 Å². The third-order valence-corrected chi connectivity index (χ3v) is 5.54. The van der Waals surface area contributed by atoms with E-state index in [-0.39, 0.29) is 15.5 Å². The summed E-state index contributed by atoms with van der Waals surface area (Å²) in [5.74, 6) is 2.94. The lowest BCUT2D eigenvalue weighted by Gasteiger charge is -2.24. The summed E-state index contributed by atoms with van der Waals surface area (Å²) in [6.45, 7) is 14.3. The molecule has 0 fully saturated rings. The fourth-order valence-electron chi connectivity index (χ4n) is 2.60. The smallest absolute Gasteiger partial charge is 0.206 e. The summed E-state index contributed by atoms with van der Waals surface area (Å²) >= 11 is 3.32. The van der Waals surface area contributed by atoms with Gasteiger partial charge in [0.1, 0.15) is 15.4 Å². The molecule has 0 aromatic heterocycles. The van der Waals surface area contributed by atoms with E-state index in [0.29, 0.717) is 5.75 Å². The lowest BCUT2D eigenvalue weighted by Crippen LogP contribution is -2.23. The van der Waals surface area contributed by atoms with E-state index >= 15 is 0 Å². The van der Waals surface area contributed by atoms with Crippen LogP contribution in [0.5, 0.6) is 23.0 Å². The molecule has 2 aliphatic rings. The molecular formula is C17H24O4S2. The van der Waals surface area contributed by atoms with E-state index in [2.05, 4.69) is 0 Å². The van der Waals surface area contributed by atoms with Crippen LogP contribution in [0.1, 0.15) is 48.5 Å². The Balaban J connectivity index is 2.24. The predicted molar refractivity (Wildman–Crippen MR) is 94.5 cm³/mol. The van der Waals surface area contributed by atoms with Crippen LogP contribution >= 0.6 is 23.5 Å². The Morgan fingerprint density at radius 2 is 1.26 bits per heavy atom.